The number of rotatable bonds is 4. The summed E-state index contributed by atoms with van der Waals surface area (Å²) in [6.07, 6.45) is 0.703. The number of nitrogens with zero attached hydrogens (tertiary/aromatic N) is 1. The van der Waals surface area contributed by atoms with E-state index in [1.807, 2.05) is 39.8 Å². The molecule has 5 heteroatoms. The molecule has 1 aromatic carbocycles. The van der Waals surface area contributed by atoms with Crippen LogP contribution in [0.4, 0.5) is 0 Å². The second kappa shape index (κ2) is 7.09. The van der Waals surface area contributed by atoms with Crippen LogP contribution in [0.3, 0.4) is 0 Å². The third-order valence-corrected chi connectivity index (χ3v) is 2.72. The summed E-state index contributed by atoms with van der Waals surface area (Å²) in [6, 6.07) is 5.72. The number of phenols is 1. The van der Waals surface area contributed by atoms with E-state index < -0.39 is 0 Å². The molecule has 0 saturated carbocycles. The Kier molecular flexibility index (Phi) is 5.76. The van der Waals surface area contributed by atoms with Crippen molar-refractivity contribution in [2.24, 2.45) is 5.10 Å². The summed E-state index contributed by atoms with van der Waals surface area (Å²) in [5, 5.41) is 17.7. The molecule has 0 heterocycles. The highest BCUT2D eigenvalue weighted by Crippen LogP contribution is 2.20. The number of nitrogens with one attached hydrogen (secondary N) is 2. The molecule has 0 bridgehead atoms. The molecule has 0 spiro atoms. The highest BCUT2D eigenvalue weighted by Gasteiger charge is 2.08. The predicted octanol–water partition coefficient (Wildman–Crippen LogP) is 2.69. The number of hydrogen-bond acceptors (Lipinski definition) is 3. The Morgan fingerprint density at radius 2 is 2.11 bits per heavy atom. The zero-order valence-corrected chi connectivity index (χ0v) is 12.6. The van der Waals surface area contributed by atoms with Gasteiger partial charge in [-0.1, -0.05) is 18.6 Å². The first-order chi connectivity index (χ1) is 8.93. The maximum absolute atomic E-state index is 9.89. The van der Waals surface area contributed by atoms with Gasteiger partial charge >= 0.3 is 0 Å². The number of aryl methyl sites for hydroxylation is 1. The van der Waals surface area contributed by atoms with E-state index in [2.05, 4.69) is 15.8 Å². The van der Waals surface area contributed by atoms with Crippen LogP contribution in [0, 0.1) is 6.92 Å². The summed E-state index contributed by atoms with van der Waals surface area (Å²) in [5.74, 6) is 0.232. The van der Waals surface area contributed by atoms with Gasteiger partial charge in [0.1, 0.15) is 5.75 Å². The average molecular weight is 279 g/mol. The van der Waals surface area contributed by atoms with Gasteiger partial charge in [-0.2, -0.15) is 5.10 Å². The minimum atomic E-state index is 0.232. The van der Waals surface area contributed by atoms with E-state index in [1.165, 1.54) is 0 Å². The number of thiocarbonyl (C=S) groups is 1. The summed E-state index contributed by atoms with van der Waals surface area (Å²) >= 11 is 5.11. The van der Waals surface area contributed by atoms with Crippen molar-refractivity contribution in [1.29, 1.82) is 0 Å². The van der Waals surface area contributed by atoms with Gasteiger partial charge in [0.15, 0.2) is 5.11 Å². The molecule has 0 radical (unpaired) electrons. The lowest BCUT2D eigenvalue weighted by atomic mass is 10.0. The van der Waals surface area contributed by atoms with Crippen LogP contribution in [0.2, 0.25) is 0 Å². The summed E-state index contributed by atoms with van der Waals surface area (Å²) in [6.45, 7) is 7.98. The summed E-state index contributed by atoms with van der Waals surface area (Å²) in [7, 11) is 0. The third kappa shape index (κ3) is 4.87. The van der Waals surface area contributed by atoms with Crippen LogP contribution in [-0.4, -0.2) is 22.0 Å². The first-order valence-corrected chi connectivity index (χ1v) is 6.78. The number of aromatic hydroxyl groups is 1. The van der Waals surface area contributed by atoms with Gasteiger partial charge in [0.05, 0.1) is 5.71 Å². The molecule has 1 aromatic rings. The van der Waals surface area contributed by atoms with Crippen molar-refractivity contribution in [3.63, 3.8) is 0 Å². The number of hydrogen-bond donors (Lipinski definition) is 3. The maximum Gasteiger partial charge on any atom is 0.187 e. The van der Waals surface area contributed by atoms with Crippen LogP contribution < -0.4 is 10.7 Å². The molecular weight excluding hydrogens is 258 g/mol. The monoisotopic (exact) mass is 279 g/mol. The fourth-order valence-corrected chi connectivity index (χ4v) is 1.90. The SMILES string of the molecule is CC/C(=N\NC(=S)NC(C)C)c1cc(C)ccc1O. The number of hydrazone groups is 1. The van der Waals surface area contributed by atoms with Crippen LogP contribution in [0.1, 0.15) is 38.3 Å². The normalized spacial score (nSPS) is 11.5. The molecule has 0 amide bonds. The van der Waals surface area contributed by atoms with Crippen molar-refractivity contribution >= 4 is 23.0 Å². The minimum Gasteiger partial charge on any atom is -0.507 e. The number of phenolic OH excluding ortho intramolecular Hbond substituents is 1. The van der Waals surface area contributed by atoms with Gasteiger partial charge in [0.25, 0.3) is 0 Å². The Bertz CT molecular complexity index is 484. The van der Waals surface area contributed by atoms with Crippen molar-refractivity contribution in [2.45, 2.75) is 40.2 Å². The van der Waals surface area contributed by atoms with Gasteiger partial charge in [-0.3, -0.25) is 5.43 Å². The topological polar surface area (TPSA) is 56.7 Å². The van der Waals surface area contributed by atoms with Gasteiger partial charge in [-0.25, -0.2) is 0 Å². The second-order valence-corrected chi connectivity index (χ2v) is 5.08. The standard InChI is InChI=1S/C14H21N3OS/c1-5-12(16-17-14(19)15-9(2)3)11-8-10(4)6-7-13(11)18/h6-9,18H,5H2,1-4H3,(H2,15,17,19)/b16-12+. The van der Waals surface area contributed by atoms with E-state index in [0.29, 0.717) is 11.5 Å². The highest BCUT2D eigenvalue weighted by atomic mass is 32.1. The molecular formula is C14H21N3OS. The summed E-state index contributed by atoms with van der Waals surface area (Å²) < 4.78 is 0. The molecule has 3 N–H and O–H groups in total. The first-order valence-electron chi connectivity index (χ1n) is 6.37. The second-order valence-electron chi connectivity index (χ2n) is 4.67. The molecule has 0 aromatic heterocycles. The van der Waals surface area contributed by atoms with E-state index >= 15 is 0 Å². The van der Waals surface area contributed by atoms with E-state index in [-0.39, 0.29) is 11.8 Å². The van der Waals surface area contributed by atoms with Crippen molar-refractivity contribution < 1.29 is 5.11 Å². The van der Waals surface area contributed by atoms with Crippen LogP contribution in [-0.2, 0) is 0 Å². The fraction of sp³-hybridized carbons (Fsp3) is 0.429. The lowest BCUT2D eigenvalue weighted by Gasteiger charge is -2.12. The Morgan fingerprint density at radius 1 is 1.42 bits per heavy atom. The molecule has 0 unspecified atom stereocenters. The lowest BCUT2D eigenvalue weighted by molar-refractivity contribution is 0.474. The Balaban J connectivity index is 2.88. The quantitative estimate of drug-likeness (QED) is 0.450. The maximum atomic E-state index is 9.89. The van der Waals surface area contributed by atoms with E-state index in [0.717, 1.165) is 16.8 Å². The van der Waals surface area contributed by atoms with E-state index in [9.17, 15) is 5.11 Å². The van der Waals surface area contributed by atoms with Crippen LogP contribution in [0.25, 0.3) is 0 Å². The molecule has 104 valence electrons. The van der Waals surface area contributed by atoms with Gasteiger partial charge < -0.3 is 10.4 Å². The molecule has 0 aliphatic carbocycles. The molecule has 0 aliphatic heterocycles. The minimum absolute atomic E-state index is 0.232. The van der Waals surface area contributed by atoms with Crippen molar-refractivity contribution in [1.82, 2.24) is 10.7 Å². The van der Waals surface area contributed by atoms with Crippen LogP contribution >= 0.6 is 12.2 Å². The highest BCUT2D eigenvalue weighted by molar-refractivity contribution is 7.80. The molecule has 0 saturated heterocycles. The summed E-state index contributed by atoms with van der Waals surface area (Å²) in [5.41, 5.74) is 5.40. The molecule has 0 aliphatic rings. The van der Waals surface area contributed by atoms with Gasteiger partial charge in [0.2, 0.25) is 0 Å². The van der Waals surface area contributed by atoms with Gasteiger partial charge in [0, 0.05) is 11.6 Å². The summed E-state index contributed by atoms with van der Waals surface area (Å²) in [4.78, 5) is 0. The largest absolute Gasteiger partial charge is 0.507 e. The van der Waals surface area contributed by atoms with Crippen molar-refractivity contribution in [2.75, 3.05) is 0 Å². The van der Waals surface area contributed by atoms with E-state index in [1.54, 1.807) is 6.07 Å². The number of benzene rings is 1. The molecule has 19 heavy (non-hydrogen) atoms. The van der Waals surface area contributed by atoms with Crippen molar-refractivity contribution in [3.8, 4) is 5.75 Å². The Labute approximate surface area is 119 Å². The predicted molar refractivity (Wildman–Crippen MR) is 83.7 cm³/mol. The molecule has 1 rings (SSSR count). The van der Waals surface area contributed by atoms with Crippen LogP contribution in [0.5, 0.6) is 5.75 Å². The van der Waals surface area contributed by atoms with Gasteiger partial charge in [-0.15, -0.1) is 0 Å². The molecule has 0 atom stereocenters. The van der Waals surface area contributed by atoms with Crippen LogP contribution in [0.15, 0.2) is 23.3 Å². The average Bonchev–Trinajstić information content (AvgIpc) is 2.33. The fourth-order valence-electron chi connectivity index (χ4n) is 1.62. The third-order valence-electron chi connectivity index (χ3n) is 2.51. The Hall–Kier alpha value is -1.62. The zero-order chi connectivity index (χ0) is 14.4. The lowest BCUT2D eigenvalue weighted by Crippen LogP contribution is -2.37. The van der Waals surface area contributed by atoms with Crippen molar-refractivity contribution in [3.05, 3.63) is 29.3 Å². The van der Waals surface area contributed by atoms with Gasteiger partial charge in [-0.05, 0) is 51.5 Å². The smallest absolute Gasteiger partial charge is 0.187 e. The Morgan fingerprint density at radius 3 is 2.68 bits per heavy atom. The zero-order valence-electron chi connectivity index (χ0n) is 11.8. The molecule has 0 fully saturated rings. The first kappa shape index (κ1) is 15.4. The molecule has 4 nitrogen and oxygen atoms in total. The van der Waals surface area contributed by atoms with E-state index in [4.69, 9.17) is 12.2 Å².